The maximum atomic E-state index is 11.7. The maximum Gasteiger partial charge on any atom is 0.324 e. The van der Waals surface area contributed by atoms with Gasteiger partial charge in [-0.2, -0.15) is 0 Å². The summed E-state index contributed by atoms with van der Waals surface area (Å²) in [6, 6.07) is -0.417. The van der Waals surface area contributed by atoms with Crippen LogP contribution in [-0.4, -0.2) is 40.5 Å². The van der Waals surface area contributed by atoms with E-state index < -0.39 is 17.9 Å². The van der Waals surface area contributed by atoms with Crippen LogP contribution in [0.15, 0.2) is 0 Å². The Labute approximate surface area is 107 Å². The molecular formula is C12H22N2O4. The first-order valence-corrected chi connectivity index (χ1v) is 6.10. The molecule has 0 aliphatic heterocycles. The minimum Gasteiger partial charge on any atom is -0.481 e. The molecule has 0 aromatic rings. The fourth-order valence-electron chi connectivity index (χ4n) is 1.67. The standard InChI is InChI=1S/C12H22N2O4/c1-5-14(8(2)3)12(18)13-10(15)6-9(4)7-11(16)17/h8-9H,5-7H2,1-4H3,(H,16,17)(H,13,15,18). The van der Waals surface area contributed by atoms with Crippen LogP contribution < -0.4 is 5.32 Å². The van der Waals surface area contributed by atoms with E-state index in [0.29, 0.717) is 6.54 Å². The van der Waals surface area contributed by atoms with Gasteiger partial charge in [-0.05, 0) is 26.7 Å². The zero-order chi connectivity index (χ0) is 14.3. The number of carboxylic acid groups (broad SMARTS) is 1. The van der Waals surface area contributed by atoms with Crippen LogP contribution in [0.2, 0.25) is 0 Å². The molecule has 0 spiro atoms. The first-order chi connectivity index (χ1) is 8.27. The second-order valence-electron chi connectivity index (χ2n) is 4.64. The highest BCUT2D eigenvalue weighted by Crippen LogP contribution is 2.07. The summed E-state index contributed by atoms with van der Waals surface area (Å²) < 4.78 is 0. The van der Waals surface area contributed by atoms with E-state index in [1.54, 1.807) is 6.92 Å². The lowest BCUT2D eigenvalue weighted by molar-refractivity contribution is -0.138. The van der Waals surface area contributed by atoms with Crippen molar-refractivity contribution in [2.75, 3.05) is 6.54 Å². The third-order valence-electron chi connectivity index (χ3n) is 2.53. The average molecular weight is 258 g/mol. The molecule has 6 nitrogen and oxygen atoms in total. The van der Waals surface area contributed by atoms with Crippen LogP contribution in [0.5, 0.6) is 0 Å². The van der Waals surface area contributed by atoms with Crippen LogP contribution in [0.25, 0.3) is 0 Å². The van der Waals surface area contributed by atoms with Crippen LogP contribution in [0.3, 0.4) is 0 Å². The van der Waals surface area contributed by atoms with Crippen molar-refractivity contribution in [3.05, 3.63) is 0 Å². The average Bonchev–Trinajstić information content (AvgIpc) is 2.14. The van der Waals surface area contributed by atoms with Crippen molar-refractivity contribution in [2.24, 2.45) is 5.92 Å². The number of urea groups is 1. The Kier molecular flexibility index (Phi) is 7.00. The highest BCUT2D eigenvalue weighted by Gasteiger charge is 2.19. The zero-order valence-electron chi connectivity index (χ0n) is 11.4. The van der Waals surface area contributed by atoms with E-state index in [2.05, 4.69) is 5.32 Å². The number of hydrogen-bond donors (Lipinski definition) is 2. The minimum absolute atomic E-state index is 0.0132. The molecule has 0 saturated carbocycles. The maximum absolute atomic E-state index is 11.7. The van der Waals surface area contributed by atoms with Crippen molar-refractivity contribution in [3.8, 4) is 0 Å². The summed E-state index contributed by atoms with van der Waals surface area (Å²) in [5.41, 5.74) is 0. The van der Waals surface area contributed by atoms with Crippen LogP contribution in [0.1, 0.15) is 40.5 Å². The van der Waals surface area contributed by atoms with Gasteiger partial charge in [0.25, 0.3) is 0 Å². The van der Waals surface area contributed by atoms with Crippen molar-refractivity contribution < 1.29 is 19.5 Å². The van der Waals surface area contributed by atoms with E-state index in [1.165, 1.54) is 4.90 Å². The fraction of sp³-hybridized carbons (Fsp3) is 0.750. The minimum atomic E-state index is -0.945. The van der Waals surface area contributed by atoms with Crippen molar-refractivity contribution in [3.63, 3.8) is 0 Å². The molecule has 18 heavy (non-hydrogen) atoms. The lowest BCUT2D eigenvalue weighted by Crippen LogP contribution is -2.46. The van der Waals surface area contributed by atoms with Crippen molar-refractivity contribution in [1.82, 2.24) is 10.2 Å². The van der Waals surface area contributed by atoms with Gasteiger partial charge in [-0.1, -0.05) is 6.92 Å². The van der Waals surface area contributed by atoms with Crippen LogP contribution in [0, 0.1) is 5.92 Å². The smallest absolute Gasteiger partial charge is 0.324 e. The third-order valence-corrected chi connectivity index (χ3v) is 2.53. The van der Waals surface area contributed by atoms with Gasteiger partial charge in [0.05, 0.1) is 0 Å². The molecule has 3 amide bonds. The number of hydrogen-bond acceptors (Lipinski definition) is 3. The number of aliphatic carboxylic acids is 1. The topological polar surface area (TPSA) is 86.7 Å². The summed E-state index contributed by atoms with van der Waals surface area (Å²) in [4.78, 5) is 35.2. The molecule has 0 fully saturated rings. The summed E-state index contributed by atoms with van der Waals surface area (Å²) in [5.74, 6) is -1.67. The predicted octanol–water partition coefficient (Wildman–Crippen LogP) is 1.45. The lowest BCUT2D eigenvalue weighted by Gasteiger charge is -2.25. The highest BCUT2D eigenvalue weighted by molar-refractivity contribution is 5.94. The molecule has 0 aliphatic rings. The lowest BCUT2D eigenvalue weighted by atomic mass is 10.0. The van der Waals surface area contributed by atoms with E-state index in [1.807, 2.05) is 20.8 Å². The van der Waals surface area contributed by atoms with Crippen molar-refractivity contribution >= 4 is 17.9 Å². The first-order valence-electron chi connectivity index (χ1n) is 6.10. The molecule has 0 rings (SSSR count). The molecule has 0 radical (unpaired) electrons. The Balaban J connectivity index is 4.23. The Hall–Kier alpha value is -1.59. The molecule has 0 bridgehead atoms. The van der Waals surface area contributed by atoms with E-state index in [9.17, 15) is 14.4 Å². The summed E-state index contributed by atoms with van der Waals surface area (Å²) in [6.45, 7) is 7.73. The van der Waals surface area contributed by atoms with Gasteiger partial charge in [0.2, 0.25) is 5.91 Å². The monoisotopic (exact) mass is 258 g/mol. The quantitative estimate of drug-likeness (QED) is 0.755. The highest BCUT2D eigenvalue weighted by atomic mass is 16.4. The molecule has 0 aromatic heterocycles. The van der Waals surface area contributed by atoms with Gasteiger partial charge >= 0.3 is 12.0 Å². The largest absolute Gasteiger partial charge is 0.481 e. The number of nitrogens with zero attached hydrogens (tertiary/aromatic N) is 1. The summed E-state index contributed by atoms with van der Waals surface area (Å²) in [5, 5.41) is 10.8. The van der Waals surface area contributed by atoms with Gasteiger partial charge in [0.1, 0.15) is 0 Å². The zero-order valence-corrected chi connectivity index (χ0v) is 11.4. The molecule has 0 aromatic carbocycles. The Bertz CT molecular complexity index is 315. The molecule has 6 heteroatoms. The summed E-state index contributed by atoms with van der Waals surface area (Å²) in [7, 11) is 0. The normalized spacial score (nSPS) is 12.1. The molecule has 0 aliphatic carbocycles. The fourth-order valence-corrected chi connectivity index (χ4v) is 1.67. The second kappa shape index (κ2) is 7.68. The Morgan fingerprint density at radius 3 is 2.11 bits per heavy atom. The number of carboxylic acids is 1. The van der Waals surface area contributed by atoms with Gasteiger partial charge in [0, 0.05) is 25.4 Å². The van der Waals surface area contributed by atoms with Gasteiger partial charge < -0.3 is 10.0 Å². The summed E-state index contributed by atoms with van der Waals surface area (Å²) >= 11 is 0. The van der Waals surface area contributed by atoms with Crippen LogP contribution in [-0.2, 0) is 9.59 Å². The SMILES string of the molecule is CCN(C(=O)NC(=O)CC(C)CC(=O)O)C(C)C. The van der Waals surface area contributed by atoms with Crippen LogP contribution in [0.4, 0.5) is 4.79 Å². The second-order valence-corrected chi connectivity index (χ2v) is 4.64. The van der Waals surface area contributed by atoms with Gasteiger partial charge in [-0.25, -0.2) is 4.79 Å². The number of carbonyl (C=O) groups excluding carboxylic acids is 2. The van der Waals surface area contributed by atoms with E-state index in [-0.39, 0.29) is 24.8 Å². The molecule has 1 atom stereocenters. The third kappa shape index (κ3) is 6.22. The Morgan fingerprint density at radius 1 is 1.17 bits per heavy atom. The van der Waals surface area contributed by atoms with Gasteiger partial charge in [-0.3, -0.25) is 14.9 Å². The van der Waals surface area contributed by atoms with Crippen molar-refractivity contribution in [1.29, 1.82) is 0 Å². The number of nitrogens with one attached hydrogen (secondary N) is 1. The molecule has 2 N–H and O–H groups in total. The summed E-state index contributed by atoms with van der Waals surface area (Å²) in [6.07, 6.45) is -0.0447. The van der Waals surface area contributed by atoms with Crippen molar-refractivity contribution in [2.45, 2.75) is 46.6 Å². The number of rotatable bonds is 6. The molecule has 0 heterocycles. The van der Waals surface area contributed by atoms with Gasteiger partial charge in [0.15, 0.2) is 0 Å². The molecule has 0 saturated heterocycles. The van der Waals surface area contributed by atoms with Crippen LogP contribution >= 0.6 is 0 Å². The van der Waals surface area contributed by atoms with E-state index >= 15 is 0 Å². The number of amides is 3. The predicted molar refractivity (Wildman–Crippen MR) is 67.1 cm³/mol. The number of carbonyl (C=O) groups is 3. The van der Waals surface area contributed by atoms with E-state index in [4.69, 9.17) is 5.11 Å². The van der Waals surface area contributed by atoms with E-state index in [0.717, 1.165) is 0 Å². The molecule has 1 unspecified atom stereocenters. The first kappa shape index (κ1) is 16.4. The molecular weight excluding hydrogens is 236 g/mol. The molecule has 104 valence electrons. The Morgan fingerprint density at radius 2 is 1.72 bits per heavy atom. The van der Waals surface area contributed by atoms with Gasteiger partial charge in [-0.15, -0.1) is 0 Å². The number of imide groups is 1.